The molecule has 2 heterocycles. The predicted octanol–water partition coefficient (Wildman–Crippen LogP) is 3.43. The van der Waals surface area contributed by atoms with Gasteiger partial charge in [0.25, 0.3) is 0 Å². The molecule has 0 aliphatic carbocycles. The summed E-state index contributed by atoms with van der Waals surface area (Å²) in [5.74, 6) is -0.879. The highest BCUT2D eigenvalue weighted by molar-refractivity contribution is 6.33. The van der Waals surface area contributed by atoms with Crippen molar-refractivity contribution in [3.8, 4) is 0 Å². The molecule has 0 spiro atoms. The van der Waals surface area contributed by atoms with Gasteiger partial charge in [-0.25, -0.2) is 4.79 Å². The van der Waals surface area contributed by atoms with Crippen LogP contribution in [0, 0.1) is 6.92 Å². The van der Waals surface area contributed by atoms with Crippen LogP contribution in [-0.4, -0.2) is 46.7 Å². The highest BCUT2D eigenvalue weighted by atomic mass is 35.5. The van der Waals surface area contributed by atoms with Gasteiger partial charge < -0.3 is 14.6 Å². The van der Waals surface area contributed by atoms with E-state index in [0.29, 0.717) is 5.69 Å². The molecule has 2 aromatic rings. The summed E-state index contributed by atoms with van der Waals surface area (Å²) in [4.78, 5) is 15.9. The minimum atomic E-state index is -0.879. The van der Waals surface area contributed by atoms with E-state index in [1.807, 2.05) is 25.1 Å². The van der Waals surface area contributed by atoms with Gasteiger partial charge >= 0.3 is 5.97 Å². The molecular weight excluding hydrogens is 361 g/mol. The van der Waals surface area contributed by atoms with Gasteiger partial charge in [-0.3, -0.25) is 4.90 Å². The molecule has 1 aliphatic rings. The van der Waals surface area contributed by atoms with Crippen molar-refractivity contribution >= 4 is 35.7 Å². The molecule has 136 valence electrons. The van der Waals surface area contributed by atoms with Crippen LogP contribution in [0.15, 0.2) is 30.3 Å². The molecule has 1 N–H and O–H groups in total. The van der Waals surface area contributed by atoms with Crippen LogP contribution in [-0.2, 0) is 13.6 Å². The van der Waals surface area contributed by atoms with E-state index in [0.717, 1.165) is 54.7 Å². The van der Waals surface area contributed by atoms with Crippen LogP contribution in [0.25, 0.3) is 0 Å². The number of nitrogens with zero attached hydrogens (tertiary/aromatic N) is 3. The topological polar surface area (TPSA) is 48.7 Å². The molecule has 5 nitrogen and oxygen atoms in total. The summed E-state index contributed by atoms with van der Waals surface area (Å²) in [6.45, 7) is 6.46. The molecule has 1 fully saturated rings. The Hall–Kier alpha value is -1.69. The maximum atomic E-state index is 11.3. The van der Waals surface area contributed by atoms with Crippen molar-refractivity contribution < 1.29 is 9.90 Å². The zero-order valence-electron chi connectivity index (χ0n) is 14.4. The maximum Gasteiger partial charge on any atom is 0.352 e. The summed E-state index contributed by atoms with van der Waals surface area (Å²) in [7, 11) is 1.80. The highest BCUT2D eigenvalue weighted by Gasteiger charge is 2.21. The van der Waals surface area contributed by atoms with Gasteiger partial charge in [0.1, 0.15) is 5.69 Å². The van der Waals surface area contributed by atoms with Crippen molar-refractivity contribution in [2.75, 3.05) is 31.1 Å². The molecule has 0 saturated carbocycles. The first-order valence-corrected chi connectivity index (χ1v) is 8.45. The van der Waals surface area contributed by atoms with Gasteiger partial charge in [-0.1, -0.05) is 23.7 Å². The number of rotatable bonds is 4. The molecule has 1 saturated heterocycles. The molecular formula is C18H23Cl2N3O2. The maximum absolute atomic E-state index is 11.3. The lowest BCUT2D eigenvalue weighted by Crippen LogP contribution is -2.46. The summed E-state index contributed by atoms with van der Waals surface area (Å²) in [5.41, 5.74) is 3.53. The van der Waals surface area contributed by atoms with Gasteiger partial charge in [0, 0.05) is 45.5 Å². The van der Waals surface area contributed by atoms with E-state index in [4.69, 9.17) is 11.6 Å². The van der Waals surface area contributed by atoms with E-state index in [2.05, 4.69) is 15.9 Å². The molecule has 0 radical (unpaired) electrons. The van der Waals surface area contributed by atoms with E-state index in [-0.39, 0.29) is 12.4 Å². The van der Waals surface area contributed by atoms with Crippen LogP contribution in [0.5, 0.6) is 0 Å². The zero-order chi connectivity index (χ0) is 17.3. The monoisotopic (exact) mass is 383 g/mol. The minimum Gasteiger partial charge on any atom is -0.477 e. The number of anilines is 1. The third kappa shape index (κ3) is 4.11. The van der Waals surface area contributed by atoms with Crippen LogP contribution >= 0.6 is 24.0 Å². The van der Waals surface area contributed by atoms with Crippen LogP contribution in [0.4, 0.5) is 5.69 Å². The van der Waals surface area contributed by atoms with Crippen molar-refractivity contribution in [2.24, 2.45) is 7.05 Å². The van der Waals surface area contributed by atoms with Crippen LogP contribution in [0.1, 0.15) is 21.7 Å². The number of halogens is 2. The SMILES string of the molecule is Cc1c(CN2CCN(c3ccccc3Cl)CC2)cc(C(=O)O)n1C.Cl. The first-order valence-electron chi connectivity index (χ1n) is 8.07. The molecule has 0 bridgehead atoms. The van der Waals surface area contributed by atoms with Crippen LogP contribution in [0.2, 0.25) is 5.02 Å². The van der Waals surface area contributed by atoms with E-state index >= 15 is 0 Å². The highest BCUT2D eigenvalue weighted by Crippen LogP contribution is 2.26. The number of para-hydroxylation sites is 1. The van der Waals surface area contributed by atoms with Gasteiger partial charge in [0.05, 0.1) is 10.7 Å². The Bertz CT molecular complexity index is 753. The summed E-state index contributed by atoms with van der Waals surface area (Å²) >= 11 is 6.28. The molecule has 0 atom stereocenters. The van der Waals surface area contributed by atoms with Gasteiger partial charge in [-0.05, 0) is 30.7 Å². The Labute approximate surface area is 159 Å². The quantitative estimate of drug-likeness (QED) is 0.878. The van der Waals surface area contributed by atoms with Crippen molar-refractivity contribution in [1.82, 2.24) is 9.47 Å². The lowest BCUT2D eigenvalue weighted by Gasteiger charge is -2.36. The molecule has 0 amide bonds. The predicted molar refractivity (Wildman–Crippen MR) is 103 cm³/mol. The molecule has 7 heteroatoms. The van der Waals surface area contributed by atoms with Gasteiger partial charge in [-0.15, -0.1) is 12.4 Å². The van der Waals surface area contributed by atoms with E-state index in [1.165, 1.54) is 0 Å². The number of hydrogen-bond donors (Lipinski definition) is 1. The van der Waals surface area contributed by atoms with Crippen molar-refractivity contribution in [1.29, 1.82) is 0 Å². The zero-order valence-corrected chi connectivity index (χ0v) is 16.0. The summed E-state index contributed by atoms with van der Waals surface area (Å²) in [6.07, 6.45) is 0. The van der Waals surface area contributed by atoms with E-state index < -0.39 is 5.97 Å². The lowest BCUT2D eigenvalue weighted by molar-refractivity contribution is 0.0686. The Kier molecular flexibility index (Phi) is 6.38. The fourth-order valence-corrected chi connectivity index (χ4v) is 3.48. The summed E-state index contributed by atoms with van der Waals surface area (Å²) < 4.78 is 1.75. The van der Waals surface area contributed by atoms with Gasteiger partial charge in [0.15, 0.2) is 0 Å². The Morgan fingerprint density at radius 1 is 1.20 bits per heavy atom. The van der Waals surface area contributed by atoms with Crippen molar-refractivity contribution in [2.45, 2.75) is 13.5 Å². The summed E-state index contributed by atoms with van der Waals surface area (Å²) in [6, 6.07) is 9.72. The molecule has 1 aromatic heterocycles. The van der Waals surface area contributed by atoms with Crippen molar-refractivity contribution in [3.05, 3.63) is 52.3 Å². The average molecular weight is 384 g/mol. The fraction of sp³-hybridized carbons (Fsp3) is 0.389. The number of carboxylic acids is 1. The molecule has 3 rings (SSSR count). The lowest BCUT2D eigenvalue weighted by atomic mass is 10.2. The number of carbonyl (C=O) groups is 1. The third-order valence-electron chi connectivity index (χ3n) is 4.82. The number of aromatic carboxylic acids is 1. The molecule has 1 aromatic carbocycles. The Balaban J connectivity index is 0.00000225. The van der Waals surface area contributed by atoms with Crippen LogP contribution in [0.3, 0.4) is 0 Å². The molecule has 25 heavy (non-hydrogen) atoms. The Morgan fingerprint density at radius 3 is 2.40 bits per heavy atom. The smallest absolute Gasteiger partial charge is 0.352 e. The second-order valence-electron chi connectivity index (χ2n) is 6.22. The fourth-order valence-electron chi connectivity index (χ4n) is 3.22. The first-order chi connectivity index (χ1) is 11.5. The third-order valence-corrected chi connectivity index (χ3v) is 5.14. The van der Waals surface area contributed by atoms with Gasteiger partial charge in [-0.2, -0.15) is 0 Å². The second kappa shape index (κ2) is 8.13. The summed E-state index contributed by atoms with van der Waals surface area (Å²) in [5, 5.41) is 10.0. The van der Waals surface area contributed by atoms with Gasteiger partial charge in [0.2, 0.25) is 0 Å². The normalized spacial score (nSPS) is 15.1. The minimum absolute atomic E-state index is 0. The average Bonchev–Trinajstić information content (AvgIpc) is 2.85. The van der Waals surface area contributed by atoms with E-state index in [1.54, 1.807) is 17.7 Å². The number of hydrogen-bond acceptors (Lipinski definition) is 3. The largest absolute Gasteiger partial charge is 0.477 e. The molecule has 1 aliphatic heterocycles. The van der Waals surface area contributed by atoms with Crippen LogP contribution < -0.4 is 4.90 Å². The molecule has 0 unspecified atom stereocenters. The number of carboxylic acid groups (broad SMARTS) is 1. The number of benzene rings is 1. The first kappa shape index (κ1) is 19.6. The standard InChI is InChI=1S/C18H22ClN3O2.ClH/c1-13-14(11-17(18(23)24)20(13)2)12-21-7-9-22(10-8-21)16-6-4-3-5-15(16)19;/h3-6,11H,7-10,12H2,1-2H3,(H,23,24);1H. The second-order valence-corrected chi connectivity index (χ2v) is 6.63. The Morgan fingerprint density at radius 2 is 1.84 bits per heavy atom. The number of aromatic nitrogens is 1. The van der Waals surface area contributed by atoms with E-state index in [9.17, 15) is 9.90 Å². The van der Waals surface area contributed by atoms with Crippen molar-refractivity contribution in [3.63, 3.8) is 0 Å². The number of piperazine rings is 1.